The summed E-state index contributed by atoms with van der Waals surface area (Å²) >= 11 is 0. The molecule has 14 heavy (non-hydrogen) atoms. The van der Waals surface area contributed by atoms with Crippen molar-refractivity contribution in [1.29, 1.82) is 0 Å². The van der Waals surface area contributed by atoms with Crippen LogP contribution in [0.1, 0.15) is 10.6 Å². The van der Waals surface area contributed by atoms with Crippen LogP contribution < -0.4 is 4.90 Å². The van der Waals surface area contributed by atoms with Crippen molar-refractivity contribution < 1.29 is 22.4 Å². The van der Waals surface area contributed by atoms with Crippen LogP contribution in [-0.2, 0) is 0 Å². The molecule has 0 N–H and O–H groups in total. The normalized spacial score (nSPS) is 11.4. The Morgan fingerprint density at radius 1 is 1.50 bits per heavy atom. The van der Waals surface area contributed by atoms with E-state index < -0.39 is 12.7 Å². The molecule has 0 aliphatic rings. The number of carbonyl (C=O) groups excluding carboxylic acids is 1. The summed E-state index contributed by atoms with van der Waals surface area (Å²) in [7, 11) is 1.24. The third-order valence-electron chi connectivity index (χ3n) is 1.52. The zero-order valence-electron chi connectivity index (χ0n) is 7.34. The second-order valence-corrected chi connectivity index (χ2v) is 2.77. The minimum absolute atomic E-state index is 0.00836. The molecule has 0 saturated heterocycles. The minimum Gasteiger partial charge on any atom is -0.438 e. The SMILES string of the molecule is CN(CC(F)(F)F)c1ccc(C=O)o1. The van der Waals surface area contributed by atoms with Gasteiger partial charge in [0, 0.05) is 13.1 Å². The Bertz CT molecular complexity index is 319. The van der Waals surface area contributed by atoms with E-state index in [-0.39, 0.29) is 11.6 Å². The molecule has 1 aromatic heterocycles. The fraction of sp³-hybridized carbons (Fsp3) is 0.375. The second kappa shape index (κ2) is 3.73. The average molecular weight is 207 g/mol. The van der Waals surface area contributed by atoms with Crippen LogP contribution in [0.15, 0.2) is 16.5 Å². The summed E-state index contributed by atoms with van der Waals surface area (Å²) in [5, 5.41) is 0. The number of aldehydes is 1. The molecule has 1 aromatic rings. The van der Waals surface area contributed by atoms with E-state index in [4.69, 9.17) is 4.42 Å². The summed E-state index contributed by atoms with van der Waals surface area (Å²) in [6.45, 7) is -1.11. The lowest BCUT2D eigenvalue weighted by Gasteiger charge is -2.17. The molecule has 3 nitrogen and oxygen atoms in total. The first-order valence-corrected chi connectivity index (χ1v) is 3.75. The molecule has 0 fully saturated rings. The lowest BCUT2D eigenvalue weighted by molar-refractivity contribution is -0.119. The van der Waals surface area contributed by atoms with Crippen LogP contribution in [0, 0.1) is 0 Å². The van der Waals surface area contributed by atoms with E-state index in [1.165, 1.54) is 19.2 Å². The van der Waals surface area contributed by atoms with Crippen LogP contribution in [0.5, 0.6) is 0 Å². The first-order valence-electron chi connectivity index (χ1n) is 3.75. The van der Waals surface area contributed by atoms with E-state index in [2.05, 4.69) is 0 Å². The van der Waals surface area contributed by atoms with Gasteiger partial charge in [0.15, 0.2) is 17.9 Å². The second-order valence-electron chi connectivity index (χ2n) is 2.77. The number of hydrogen-bond acceptors (Lipinski definition) is 3. The predicted molar refractivity (Wildman–Crippen MR) is 43.4 cm³/mol. The number of anilines is 1. The van der Waals surface area contributed by atoms with Crippen molar-refractivity contribution in [3.8, 4) is 0 Å². The molecule has 0 aliphatic carbocycles. The maximum absolute atomic E-state index is 11.9. The molecule has 0 bridgehead atoms. The van der Waals surface area contributed by atoms with E-state index >= 15 is 0 Å². The van der Waals surface area contributed by atoms with Crippen molar-refractivity contribution >= 4 is 12.2 Å². The average Bonchev–Trinajstić information content (AvgIpc) is 2.48. The van der Waals surface area contributed by atoms with E-state index in [1.807, 2.05) is 0 Å². The molecule has 0 saturated carbocycles. The van der Waals surface area contributed by atoms with Crippen molar-refractivity contribution in [2.75, 3.05) is 18.5 Å². The summed E-state index contributed by atoms with van der Waals surface area (Å²) in [6.07, 6.45) is -3.85. The Kier molecular flexibility index (Phi) is 2.83. The fourth-order valence-electron chi connectivity index (χ4n) is 0.958. The third kappa shape index (κ3) is 2.79. The Labute approximate surface area is 78.1 Å². The Morgan fingerprint density at radius 3 is 2.57 bits per heavy atom. The van der Waals surface area contributed by atoms with Crippen LogP contribution in [0.4, 0.5) is 19.1 Å². The number of halogens is 3. The largest absolute Gasteiger partial charge is 0.438 e. The van der Waals surface area contributed by atoms with Gasteiger partial charge in [-0.25, -0.2) is 0 Å². The third-order valence-corrected chi connectivity index (χ3v) is 1.52. The van der Waals surface area contributed by atoms with Gasteiger partial charge < -0.3 is 9.32 Å². The van der Waals surface area contributed by atoms with Gasteiger partial charge in [-0.1, -0.05) is 0 Å². The van der Waals surface area contributed by atoms with Gasteiger partial charge in [0.05, 0.1) is 0 Å². The van der Waals surface area contributed by atoms with Crippen molar-refractivity contribution in [2.24, 2.45) is 0 Å². The van der Waals surface area contributed by atoms with Gasteiger partial charge in [0.1, 0.15) is 6.54 Å². The number of carbonyl (C=O) groups is 1. The van der Waals surface area contributed by atoms with Crippen molar-refractivity contribution in [1.82, 2.24) is 0 Å². The Balaban J connectivity index is 2.69. The van der Waals surface area contributed by atoms with E-state index in [0.29, 0.717) is 6.29 Å². The van der Waals surface area contributed by atoms with Crippen molar-refractivity contribution in [3.05, 3.63) is 17.9 Å². The van der Waals surface area contributed by atoms with Crippen molar-refractivity contribution in [2.45, 2.75) is 6.18 Å². The van der Waals surface area contributed by atoms with Gasteiger partial charge in [-0.3, -0.25) is 4.79 Å². The highest BCUT2D eigenvalue weighted by molar-refractivity contribution is 5.71. The lowest BCUT2D eigenvalue weighted by Crippen LogP contribution is -2.30. The van der Waals surface area contributed by atoms with E-state index in [0.717, 1.165) is 4.90 Å². The maximum Gasteiger partial charge on any atom is 0.406 e. The quantitative estimate of drug-likeness (QED) is 0.711. The van der Waals surface area contributed by atoms with Gasteiger partial charge in [-0.15, -0.1) is 0 Å². The zero-order valence-corrected chi connectivity index (χ0v) is 7.34. The fourth-order valence-corrected chi connectivity index (χ4v) is 0.958. The standard InChI is InChI=1S/C8H8F3NO2/c1-12(5-8(9,10)11)7-3-2-6(4-13)14-7/h2-4H,5H2,1H3. The Hall–Kier alpha value is -1.46. The number of rotatable bonds is 3. The van der Waals surface area contributed by atoms with Crippen LogP contribution >= 0.6 is 0 Å². The first kappa shape index (κ1) is 10.6. The minimum atomic E-state index is -4.29. The Morgan fingerprint density at radius 2 is 2.14 bits per heavy atom. The summed E-state index contributed by atoms with van der Waals surface area (Å²) in [4.78, 5) is 11.1. The molecule has 0 atom stereocenters. The highest BCUT2D eigenvalue weighted by Gasteiger charge is 2.30. The molecule has 0 spiro atoms. The number of alkyl halides is 3. The molecule has 1 rings (SSSR count). The van der Waals surface area contributed by atoms with E-state index in [1.54, 1.807) is 0 Å². The first-order chi connectivity index (χ1) is 6.42. The summed E-state index contributed by atoms with van der Waals surface area (Å²) in [6, 6.07) is 2.63. The monoisotopic (exact) mass is 207 g/mol. The molecule has 1 heterocycles. The number of furan rings is 1. The summed E-state index contributed by atoms with van der Waals surface area (Å²) < 4.78 is 40.6. The van der Waals surface area contributed by atoms with Gasteiger partial charge in [-0.05, 0) is 6.07 Å². The highest BCUT2D eigenvalue weighted by Crippen LogP contribution is 2.22. The molecule has 0 aliphatic heterocycles. The highest BCUT2D eigenvalue weighted by atomic mass is 19.4. The molecular formula is C8H8F3NO2. The molecule has 0 radical (unpaired) electrons. The smallest absolute Gasteiger partial charge is 0.406 e. The van der Waals surface area contributed by atoms with Gasteiger partial charge in [0.2, 0.25) is 0 Å². The summed E-state index contributed by atoms with van der Waals surface area (Å²) in [5.74, 6) is 0.0263. The topological polar surface area (TPSA) is 33.5 Å². The zero-order chi connectivity index (χ0) is 10.8. The number of nitrogens with zero attached hydrogens (tertiary/aromatic N) is 1. The predicted octanol–water partition coefficient (Wildman–Crippen LogP) is 2.09. The van der Waals surface area contributed by atoms with Crippen LogP contribution in [0.25, 0.3) is 0 Å². The molecule has 0 aromatic carbocycles. The van der Waals surface area contributed by atoms with Gasteiger partial charge >= 0.3 is 6.18 Å². The molecule has 78 valence electrons. The number of hydrogen-bond donors (Lipinski definition) is 0. The van der Waals surface area contributed by atoms with Crippen LogP contribution in [0.2, 0.25) is 0 Å². The molecule has 6 heteroatoms. The van der Waals surface area contributed by atoms with Crippen LogP contribution in [-0.4, -0.2) is 26.1 Å². The van der Waals surface area contributed by atoms with Crippen LogP contribution in [0.3, 0.4) is 0 Å². The van der Waals surface area contributed by atoms with Crippen molar-refractivity contribution in [3.63, 3.8) is 0 Å². The summed E-state index contributed by atoms with van der Waals surface area (Å²) in [5.41, 5.74) is 0. The lowest BCUT2D eigenvalue weighted by atomic mass is 10.5. The molecule has 0 amide bonds. The molecule has 0 unspecified atom stereocenters. The molecular weight excluding hydrogens is 199 g/mol. The van der Waals surface area contributed by atoms with Gasteiger partial charge in [-0.2, -0.15) is 13.2 Å². The van der Waals surface area contributed by atoms with Gasteiger partial charge in [0.25, 0.3) is 0 Å². The van der Waals surface area contributed by atoms with E-state index in [9.17, 15) is 18.0 Å². The maximum atomic E-state index is 11.9.